The zero-order valence-corrected chi connectivity index (χ0v) is 12.1. The number of carbonyl (C=O) groups excluding carboxylic acids is 4. The second-order valence-corrected chi connectivity index (χ2v) is 3.60. The Morgan fingerprint density at radius 1 is 0.700 bits per heavy atom. The van der Waals surface area contributed by atoms with Crippen LogP contribution >= 0.6 is 0 Å². The highest BCUT2D eigenvalue weighted by atomic mass is 16.7. The van der Waals surface area contributed by atoms with Gasteiger partial charge in [0.25, 0.3) is 0 Å². The lowest BCUT2D eigenvalue weighted by molar-refractivity contribution is -0.156. The van der Waals surface area contributed by atoms with Gasteiger partial charge in [-0.3, -0.25) is 19.2 Å². The van der Waals surface area contributed by atoms with E-state index in [9.17, 15) is 19.2 Å². The van der Waals surface area contributed by atoms with E-state index in [2.05, 4.69) is 18.9 Å². The van der Waals surface area contributed by atoms with Crippen LogP contribution in [0.3, 0.4) is 0 Å². The molecule has 0 fully saturated rings. The number of esters is 2. The maximum absolute atomic E-state index is 10.5. The number of Topliss-reactive ketones (excluding diaryl/α,β-unsaturated/α-hetero) is 2. The average Bonchev–Trinajstić information content (AvgIpc) is 2.33. The summed E-state index contributed by atoms with van der Waals surface area (Å²) in [4.78, 5) is 41.5. The van der Waals surface area contributed by atoms with E-state index in [1.807, 2.05) is 0 Å². The van der Waals surface area contributed by atoms with Gasteiger partial charge in [-0.1, -0.05) is 0 Å². The Kier molecular flexibility index (Phi) is 14.0. The molecule has 0 radical (unpaired) electrons. The first-order valence-electron chi connectivity index (χ1n) is 5.61. The number of hydrogen-bond donors (Lipinski definition) is 0. The minimum atomic E-state index is -0.547. The van der Waals surface area contributed by atoms with Gasteiger partial charge < -0.3 is 18.9 Å². The van der Waals surface area contributed by atoms with Crippen LogP contribution in [0, 0.1) is 0 Å². The van der Waals surface area contributed by atoms with E-state index in [0.29, 0.717) is 0 Å². The molecule has 0 heterocycles. The Morgan fingerprint density at radius 3 is 1.20 bits per heavy atom. The van der Waals surface area contributed by atoms with Crippen molar-refractivity contribution in [2.75, 3.05) is 27.8 Å². The first kappa shape index (κ1) is 20.5. The van der Waals surface area contributed by atoms with Gasteiger partial charge in [0.2, 0.25) is 0 Å². The Bertz CT molecular complexity index is 291. The Labute approximate surface area is 117 Å². The molecule has 0 N–H and O–H groups in total. The van der Waals surface area contributed by atoms with Crippen LogP contribution in [0.1, 0.15) is 26.7 Å². The van der Waals surface area contributed by atoms with Gasteiger partial charge in [-0.05, 0) is 13.8 Å². The lowest BCUT2D eigenvalue weighted by Gasteiger charge is -1.99. The molecule has 0 aliphatic heterocycles. The molecule has 0 rings (SSSR count). The highest BCUT2D eigenvalue weighted by Crippen LogP contribution is 1.87. The molecular weight excluding hydrogens is 272 g/mol. The zero-order chi connectivity index (χ0) is 16.0. The lowest BCUT2D eigenvalue weighted by Crippen LogP contribution is -2.10. The molecule has 116 valence electrons. The summed E-state index contributed by atoms with van der Waals surface area (Å²) in [6.07, 6.45) is -0.354. The van der Waals surface area contributed by atoms with Crippen molar-refractivity contribution in [3.8, 4) is 0 Å². The molecule has 20 heavy (non-hydrogen) atoms. The lowest BCUT2D eigenvalue weighted by atomic mass is 10.3. The summed E-state index contributed by atoms with van der Waals surface area (Å²) in [7, 11) is 2.81. The van der Waals surface area contributed by atoms with E-state index in [-0.39, 0.29) is 38.0 Å². The molecule has 0 amide bonds. The van der Waals surface area contributed by atoms with Crippen molar-refractivity contribution in [2.45, 2.75) is 26.7 Å². The predicted octanol–water partition coefficient (Wildman–Crippen LogP) is 0.225. The number of ether oxygens (including phenoxy) is 4. The number of hydrogen-bond acceptors (Lipinski definition) is 8. The molecule has 8 heteroatoms. The molecule has 0 atom stereocenters. The molecule has 0 aromatic rings. The normalized spacial score (nSPS) is 9.00. The van der Waals surface area contributed by atoms with E-state index >= 15 is 0 Å². The molecule has 0 bridgehead atoms. The van der Waals surface area contributed by atoms with E-state index in [1.165, 1.54) is 28.1 Å². The second-order valence-electron chi connectivity index (χ2n) is 3.60. The van der Waals surface area contributed by atoms with Gasteiger partial charge >= 0.3 is 11.9 Å². The second kappa shape index (κ2) is 13.6. The molecule has 0 aliphatic carbocycles. The van der Waals surface area contributed by atoms with E-state index < -0.39 is 11.9 Å². The predicted molar refractivity (Wildman–Crippen MR) is 66.5 cm³/mol. The van der Waals surface area contributed by atoms with Crippen LogP contribution in [0.2, 0.25) is 0 Å². The molecule has 0 spiro atoms. The van der Waals surface area contributed by atoms with Crippen LogP contribution in [0.25, 0.3) is 0 Å². The number of rotatable bonds is 8. The third-order valence-electron chi connectivity index (χ3n) is 1.46. The average molecular weight is 292 g/mol. The Balaban J connectivity index is 0. The van der Waals surface area contributed by atoms with Crippen molar-refractivity contribution < 1.29 is 38.1 Å². The Morgan fingerprint density at radius 2 is 1.00 bits per heavy atom. The van der Waals surface area contributed by atoms with Crippen LogP contribution in [-0.2, 0) is 38.1 Å². The third-order valence-corrected chi connectivity index (χ3v) is 1.46. The van der Waals surface area contributed by atoms with Gasteiger partial charge in [0.05, 0.1) is 0 Å². The first-order valence-corrected chi connectivity index (χ1v) is 5.61. The van der Waals surface area contributed by atoms with Gasteiger partial charge in [-0.15, -0.1) is 0 Å². The van der Waals surface area contributed by atoms with Crippen molar-refractivity contribution in [1.82, 2.24) is 0 Å². The Hall–Kier alpha value is -1.80. The van der Waals surface area contributed by atoms with Crippen LogP contribution in [0.5, 0.6) is 0 Å². The number of ketones is 2. The first-order chi connectivity index (χ1) is 9.33. The highest BCUT2D eigenvalue weighted by molar-refractivity contribution is 5.94. The maximum atomic E-state index is 10.5. The van der Waals surface area contributed by atoms with Gasteiger partial charge in [0, 0.05) is 14.2 Å². The van der Waals surface area contributed by atoms with Gasteiger partial charge in [-0.2, -0.15) is 0 Å². The molecule has 0 saturated carbocycles. The summed E-state index contributed by atoms with van der Waals surface area (Å²) in [6.45, 7) is 2.47. The SMILES string of the molecule is COCOC(=O)CC(C)=O.COCOC(=O)CC(C)=O. The zero-order valence-electron chi connectivity index (χ0n) is 12.1. The van der Waals surface area contributed by atoms with Crippen molar-refractivity contribution in [3.05, 3.63) is 0 Å². The molecule has 0 aliphatic rings. The molecule has 0 aromatic carbocycles. The fourth-order valence-electron chi connectivity index (χ4n) is 0.758. The van der Waals surface area contributed by atoms with Crippen molar-refractivity contribution in [1.29, 1.82) is 0 Å². The molecular formula is C12H20O8. The topological polar surface area (TPSA) is 105 Å². The summed E-state index contributed by atoms with van der Waals surface area (Å²) in [5.41, 5.74) is 0. The van der Waals surface area contributed by atoms with Gasteiger partial charge in [0.1, 0.15) is 24.4 Å². The molecule has 8 nitrogen and oxygen atoms in total. The maximum Gasteiger partial charge on any atom is 0.315 e. The third kappa shape index (κ3) is 18.6. The van der Waals surface area contributed by atoms with Gasteiger partial charge in [0.15, 0.2) is 13.6 Å². The van der Waals surface area contributed by atoms with Crippen LogP contribution in [-0.4, -0.2) is 51.3 Å². The fourth-order valence-corrected chi connectivity index (χ4v) is 0.758. The quantitative estimate of drug-likeness (QED) is 0.355. The van der Waals surface area contributed by atoms with E-state index in [1.54, 1.807) is 0 Å². The summed E-state index contributed by atoms with van der Waals surface area (Å²) >= 11 is 0. The molecule has 0 unspecified atom stereocenters. The smallest absolute Gasteiger partial charge is 0.315 e. The molecule has 0 saturated heterocycles. The summed E-state index contributed by atoms with van der Waals surface area (Å²) < 4.78 is 17.7. The number of methoxy groups -OCH3 is 2. The fraction of sp³-hybridized carbons (Fsp3) is 0.667. The largest absolute Gasteiger partial charge is 0.438 e. The van der Waals surface area contributed by atoms with Crippen molar-refractivity contribution >= 4 is 23.5 Å². The van der Waals surface area contributed by atoms with E-state index in [4.69, 9.17) is 0 Å². The van der Waals surface area contributed by atoms with Crippen LogP contribution in [0.15, 0.2) is 0 Å². The monoisotopic (exact) mass is 292 g/mol. The van der Waals surface area contributed by atoms with Crippen LogP contribution < -0.4 is 0 Å². The number of carbonyl (C=O) groups is 4. The summed E-state index contributed by atoms with van der Waals surface area (Å²) in [5.74, 6) is -1.51. The van der Waals surface area contributed by atoms with Crippen LogP contribution in [0.4, 0.5) is 0 Å². The summed E-state index contributed by atoms with van der Waals surface area (Å²) in [6, 6.07) is 0. The minimum absolute atomic E-state index is 0.0912. The van der Waals surface area contributed by atoms with Gasteiger partial charge in [-0.25, -0.2) is 0 Å². The van der Waals surface area contributed by atoms with E-state index in [0.717, 1.165) is 0 Å². The standard InChI is InChI=1S/2C6H10O4/c2*1-5(7)3-6(8)10-4-9-2/h2*3-4H2,1-2H3. The highest BCUT2D eigenvalue weighted by Gasteiger charge is 2.05. The van der Waals surface area contributed by atoms with Crippen molar-refractivity contribution in [3.63, 3.8) is 0 Å². The minimum Gasteiger partial charge on any atom is -0.438 e. The summed E-state index contributed by atoms with van der Waals surface area (Å²) in [5, 5.41) is 0. The van der Waals surface area contributed by atoms with Crippen molar-refractivity contribution in [2.24, 2.45) is 0 Å². The molecule has 0 aromatic heterocycles.